The van der Waals surface area contributed by atoms with Crippen LogP contribution in [0.25, 0.3) is 0 Å². The molecule has 3 N–H and O–H groups in total. The van der Waals surface area contributed by atoms with Crippen LogP contribution in [0.4, 0.5) is 5.69 Å². The van der Waals surface area contributed by atoms with Gasteiger partial charge in [-0.05, 0) is 12.2 Å². The lowest BCUT2D eigenvalue weighted by Crippen LogP contribution is -2.32. The number of para-hydroxylation sites is 1. The average Bonchev–Trinajstić information content (AvgIpc) is 2.34. The van der Waals surface area contributed by atoms with E-state index >= 15 is 0 Å². The number of nitro groups is 1. The summed E-state index contributed by atoms with van der Waals surface area (Å²) in [6.07, 6.45) is 0.522. The van der Waals surface area contributed by atoms with Crippen LogP contribution in [-0.4, -0.2) is 33.5 Å². The SMILES string of the molecule is NC(CSCCc1ccccc1[N+](=O)[O-])C(=O)O. The molecule has 0 bridgehead atoms. The van der Waals surface area contributed by atoms with Gasteiger partial charge in [-0.3, -0.25) is 14.9 Å². The monoisotopic (exact) mass is 270 g/mol. The van der Waals surface area contributed by atoms with Gasteiger partial charge in [-0.25, -0.2) is 0 Å². The van der Waals surface area contributed by atoms with Crippen LogP contribution in [-0.2, 0) is 11.2 Å². The summed E-state index contributed by atoms with van der Waals surface area (Å²) in [6.45, 7) is 0. The van der Waals surface area contributed by atoms with Crippen molar-refractivity contribution in [1.82, 2.24) is 0 Å². The number of aliphatic carboxylic acids is 1. The highest BCUT2D eigenvalue weighted by Gasteiger charge is 2.13. The molecule has 0 aliphatic rings. The Morgan fingerprint density at radius 3 is 2.78 bits per heavy atom. The third-order valence-corrected chi connectivity index (χ3v) is 3.41. The third kappa shape index (κ3) is 4.34. The quantitative estimate of drug-likeness (QED) is 0.439. The number of carboxylic acids is 1. The number of nitrogens with two attached hydrogens (primary N) is 1. The molecule has 0 radical (unpaired) electrons. The summed E-state index contributed by atoms with van der Waals surface area (Å²) < 4.78 is 0. The first-order valence-corrected chi connectivity index (χ1v) is 6.46. The number of rotatable bonds is 7. The van der Waals surface area contributed by atoms with Crippen molar-refractivity contribution in [3.8, 4) is 0 Å². The lowest BCUT2D eigenvalue weighted by atomic mass is 10.1. The van der Waals surface area contributed by atoms with Gasteiger partial charge in [-0.1, -0.05) is 18.2 Å². The lowest BCUT2D eigenvalue weighted by Gasteiger charge is -2.06. The lowest BCUT2D eigenvalue weighted by molar-refractivity contribution is -0.385. The summed E-state index contributed by atoms with van der Waals surface area (Å²) in [7, 11) is 0. The molecular weight excluding hydrogens is 256 g/mol. The van der Waals surface area contributed by atoms with E-state index in [0.29, 0.717) is 23.5 Å². The number of aryl methyl sites for hydroxylation is 1. The van der Waals surface area contributed by atoms with Gasteiger partial charge in [0.25, 0.3) is 5.69 Å². The predicted octanol–water partition coefficient (Wildman–Crippen LogP) is 1.28. The molecule has 98 valence electrons. The van der Waals surface area contributed by atoms with Crippen molar-refractivity contribution >= 4 is 23.4 Å². The molecule has 6 nitrogen and oxygen atoms in total. The van der Waals surface area contributed by atoms with Crippen LogP contribution in [0.1, 0.15) is 5.56 Å². The van der Waals surface area contributed by atoms with Crippen LogP contribution in [0.15, 0.2) is 24.3 Å². The number of carbonyl (C=O) groups is 1. The zero-order valence-corrected chi connectivity index (χ0v) is 10.4. The highest BCUT2D eigenvalue weighted by Crippen LogP contribution is 2.19. The highest BCUT2D eigenvalue weighted by atomic mass is 32.2. The van der Waals surface area contributed by atoms with Gasteiger partial charge in [0, 0.05) is 17.4 Å². The normalized spacial score (nSPS) is 12.1. The first-order valence-electron chi connectivity index (χ1n) is 5.30. The number of carboxylic acid groups (broad SMARTS) is 1. The first-order chi connectivity index (χ1) is 8.52. The van der Waals surface area contributed by atoms with Crippen molar-refractivity contribution < 1.29 is 14.8 Å². The van der Waals surface area contributed by atoms with E-state index in [1.807, 2.05) is 0 Å². The molecular formula is C11H14N2O4S. The van der Waals surface area contributed by atoms with E-state index in [1.165, 1.54) is 17.8 Å². The van der Waals surface area contributed by atoms with Crippen LogP contribution >= 0.6 is 11.8 Å². The molecule has 18 heavy (non-hydrogen) atoms. The maximum atomic E-state index is 10.8. The Balaban J connectivity index is 2.45. The molecule has 1 unspecified atom stereocenters. The highest BCUT2D eigenvalue weighted by molar-refractivity contribution is 7.99. The first kappa shape index (κ1) is 14.5. The van der Waals surface area contributed by atoms with E-state index in [4.69, 9.17) is 10.8 Å². The van der Waals surface area contributed by atoms with Gasteiger partial charge in [-0.2, -0.15) is 11.8 Å². The number of nitro benzene ring substituents is 1. The zero-order chi connectivity index (χ0) is 13.5. The van der Waals surface area contributed by atoms with Gasteiger partial charge in [-0.15, -0.1) is 0 Å². The Morgan fingerprint density at radius 2 is 2.17 bits per heavy atom. The molecule has 0 spiro atoms. The van der Waals surface area contributed by atoms with Crippen molar-refractivity contribution in [3.05, 3.63) is 39.9 Å². The molecule has 1 aromatic rings. The van der Waals surface area contributed by atoms with E-state index in [-0.39, 0.29) is 5.69 Å². The largest absolute Gasteiger partial charge is 0.480 e. The number of benzene rings is 1. The molecule has 1 atom stereocenters. The molecule has 7 heteroatoms. The Bertz CT molecular complexity index is 439. The smallest absolute Gasteiger partial charge is 0.321 e. The van der Waals surface area contributed by atoms with Crippen molar-refractivity contribution in [2.45, 2.75) is 12.5 Å². The fourth-order valence-electron chi connectivity index (χ4n) is 1.36. The third-order valence-electron chi connectivity index (χ3n) is 2.32. The van der Waals surface area contributed by atoms with Crippen LogP contribution in [0.3, 0.4) is 0 Å². The molecule has 1 aromatic carbocycles. The number of nitrogens with zero attached hydrogens (tertiary/aromatic N) is 1. The summed E-state index contributed by atoms with van der Waals surface area (Å²) in [5.41, 5.74) is 6.10. The zero-order valence-electron chi connectivity index (χ0n) is 9.61. The maximum absolute atomic E-state index is 10.8. The van der Waals surface area contributed by atoms with E-state index in [0.717, 1.165) is 0 Å². The second-order valence-electron chi connectivity index (χ2n) is 3.66. The summed E-state index contributed by atoms with van der Waals surface area (Å²) in [5.74, 6) is -0.130. The van der Waals surface area contributed by atoms with Crippen LogP contribution in [0, 0.1) is 10.1 Å². The number of thioether (sulfide) groups is 1. The standard InChI is InChI=1S/C11H14N2O4S/c12-9(11(14)15)7-18-6-5-8-3-1-2-4-10(8)13(16)17/h1-4,9H,5-7,12H2,(H,14,15). The fourth-order valence-corrected chi connectivity index (χ4v) is 2.29. The van der Waals surface area contributed by atoms with Gasteiger partial charge in [0.05, 0.1) is 4.92 Å². The van der Waals surface area contributed by atoms with Crippen molar-refractivity contribution in [3.63, 3.8) is 0 Å². The summed E-state index contributed by atoms with van der Waals surface area (Å²) in [6, 6.07) is 5.64. The van der Waals surface area contributed by atoms with E-state index in [1.54, 1.807) is 18.2 Å². The predicted molar refractivity (Wildman–Crippen MR) is 69.7 cm³/mol. The van der Waals surface area contributed by atoms with Crippen molar-refractivity contribution in [2.24, 2.45) is 5.73 Å². The summed E-state index contributed by atoms with van der Waals surface area (Å²) >= 11 is 1.38. The molecule has 1 rings (SSSR count). The Hall–Kier alpha value is -1.60. The molecule has 0 saturated carbocycles. The molecule has 0 saturated heterocycles. The van der Waals surface area contributed by atoms with E-state index in [2.05, 4.69) is 0 Å². The Kier molecular flexibility index (Phi) is 5.60. The number of hydrogen-bond acceptors (Lipinski definition) is 5. The summed E-state index contributed by atoms with van der Waals surface area (Å²) in [4.78, 5) is 20.8. The van der Waals surface area contributed by atoms with Gasteiger partial charge in [0.1, 0.15) is 6.04 Å². The number of hydrogen-bond donors (Lipinski definition) is 2. The topological polar surface area (TPSA) is 106 Å². The fraction of sp³-hybridized carbons (Fsp3) is 0.364. The second-order valence-corrected chi connectivity index (χ2v) is 4.81. The van der Waals surface area contributed by atoms with Crippen LogP contribution in [0.5, 0.6) is 0 Å². The molecule has 0 heterocycles. The van der Waals surface area contributed by atoms with Gasteiger partial charge in [0.15, 0.2) is 0 Å². The van der Waals surface area contributed by atoms with Gasteiger partial charge >= 0.3 is 5.97 Å². The van der Waals surface area contributed by atoms with Crippen molar-refractivity contribution in [1.29, 1.82) is 0 Å². The molecule has 0 aliphatic carbocycles. The Morgan fingerprint density at radius 1 is 1.50 bits per heavy atom. The molecule has 0 amide bonds. The van der Waals surface area contributed by atoms with E-state index < -0.39 is 16.9 Å². The molecule has 0 aromatic heterocycles. The molecule has 0 aliphatic heterocycles. The van der Waals surface area contributed by atoms with Crippen LogP contribution in [0.2, 0.25) is 0 Å². The average molecular weight is 270 g/mol. The minimum absolute atomic E-state index is 0.0978. The maximum Gasteiger partial charge on any atom is 0.321 e. The van der Waals surface area contributed by atoms with Gasteiger partial charge < -0.3 is 10.8 Å². The Labute approximate surface area is 108 Å². The van der Waals surface area contributed by atoms with E-state index in [9.17, 15) is 14.9 Å². The minimum Gasteiger partial charge on any atom is -0.480 e. The van der Waals surface area contributed by atoms with Gasteiger partial charge in [0.2, 0.25) is 0 Å². The van der Waals surface area contributed by atoms with Crippen LogP contribution < -0.4 is 5.73 Å². The van der Waals surface area contributed by atoms with Crippen molar-refractivity contribution in [2.75, 3.05) is 11.5 Å². The second kappa shape index (κ2) is 6.97. The molecule has 0 fully saturated rings. The summed E-state index contributed by atoms with van der Waals surface area (Å²) in [5, 5.41) is 19.3. The minimum atomic E-state index is -1.03.